The number of aromatic amines is 1. The highest BCUT2D eigenvalue weighted by molar-refractivity contribution is 5.90. The van der Waals surface area contributed by atoms with Crippen LogP contribution in [0.4, 0.5) is 0 Å². The highest BCUT2D eigenvalue weighted by Gasteiger charge is 2.32. The molecule has 0 bridgehead atoms. The summed E-state index contributed by atoms with van der Waals surface area (Å²) in [5, 5.41) is 11.1. The minimum absolute atomic E-state index is 0.470. The van der Waals surface area contributed by atoms with Gasteiger partial charge in [0.2, 0.25) is 0 Å². The number of hydrogen-bond acceptors (Lipinski definition) is 4. The van der Waals surface area contributed by atoms with Gasteiger partial charge in [-0.25, -0.2) is 0 Å². The molecule has 2 N–H and O–H groups in total. The molecule has 0 radical (unpaired) electrons. The van der Waals surface area contributed by atoms with Gasteiger partial charge in [-0.1, -0.05) is 60.7 Å². The maximum atomic E-state index is 12.4. The lowest BCUT2D eigenvalue weighted by atomic mass is 10.0. The lowest BCUT2D eigenvalue weighted by Gasteiger charge is -2.37. The van der Waals surface area contributed by atoms with Crippen molar-refractivity contribution in [2.45, 2.75) is 19.2 Å². The summed E-state index contributed by atoms with van der Waals surface area (Å²) in [6.45, 7) is 4.46. The Hall–Kier alpha value is -3.61. The van der Waals surface area contributed by atoms with Gasteiger partial charge in [-0.15, -0.1) is 0 Å². The van der Waals surface area contributed by atoms with E-state index >= 15 is 0 Å². The fraction of sp³-hybridized carbons (Fsp3) is 0.250. The van der Waals surface area contributed by atoms with Crippen molar-refractivity contribution >= 4 is 16.9 Å². The number of aromatic nitrogens is 1. The molecule has 0 aliphatic carbocycles. The van der Waals surface area contributed by atoms with Crippen molar-refractivity contribution in [3.63, 3.8) is 0 Å². The molecule has 1 aliphatic heterocycles. The van der Waals surface area contributed by atoms with Gasteiger partial charge in [0, 0.05) is 55.4 Å². The molecular weight excluding hydrogens is 426 g/mol. The van der Waals surface area contributed by atoms with Crippen LogP contribution in [0.3, 0.4) is 0 Å². The van der Waals surface area contributed by atoms with E-state index in [9.17, 15) is 9.90 Å². The largest absolute Gasteiger partial charge is 0.489 e. The number of carbonyl (C=O) groups is 1. The van der Waals surface area contributed by atoms with E-state index in [1.807, 2.05) is 60.8 Å². The first-order chi connectivity index (χ1) is 16.7. The Morgan fingerprint density at radius 3 is 2.26 bits per heavy atom. The van der Waals surface area contributed by atoms with E-state index in [-0.39, 0.29) is 0 Å². The summed E-state index contributed by atoms with van der Waals surface area (Å²) in [6.07, 6.45) is 1.83. The molecule has 0 spiro atoms. The number of aliphatic carboxylic acids is 1. The van der Waals surface area contributed by atoms with Crippen molar-refractivity contribution in [1.29, 1.82) is 0 Å². The zero-order valence-electron chi connectivity index (χ0n) is 19.1. The van der Waals surface area contributed by atoms with E-state index < -0.39 is 12.0 Å². The first-order valence-electron chi connectivity index (χ1n) is 11.7. The van der Waals surface area contributed by atoms with E-state index in [2.05, 4.69) is 39.0 Å². The molecule has 1 aliphatic rings. The molecule has 0 saturated carbocycles. The summed E-state index contributed by atoms with van der Waals surface area (Å²) < 4.78 is 6.00. The SMILES string of the molecule is O=C(O)[C@H](c1c[nH]c2ccc(OCc3ccccc3)cc12)N1CCN(Cc2ccccc2)CC1. The molecule has 1 saturated heterocycles. The predicted octanol–water partition coefficient (Wildman–Crippen LogP) is 4.69. The van der Waals surface area contributed by atoms with E-state index in [0.29, 0.717) is 19.7 Å². The van der Waals surface area contributed by atoms with Crippen LogP contribution in [-0.4, -0.2) is 52.0 Å². The number of carboxylic acid groups (broad SMARTS) is 1. The molecule has 3 aromatic carbocycles. The van der Waals surface area contributed by atoms with Crippen LogP contribution < -0.4 is 4.74 Å². The van der Waals surface area contributed by atoms with Gasteiger partial charge in [0.1, 0.15) is 18.4 Å². The van der Waals surface area contributed by atoms with Gasteiger partial charge < -0.3 is 14.8 Å². The van der Waals surface area contributed by atoms with Crippen LogP contribution in [-0.2, 0) is 17.9 Å². The standard InChI is InChI=1S/C28H29N3O3/c32-28(33)27(31-15-13-30(14-16-31)19-21-7-3-1-4-8-21)25-18-29-26-12-11-23(17-24(25)26)34-20-22-9-5-2-6-10-22/h1-12,17-18,27,29H,13-16,19-20H2,(H,32,33)/t27-/m0/s1. The van der Waals surface area contributed by atoms with E-state index in [1.54, 1.807) is 0 Å². The molecule has 5 rings (SSSR count). The Morgan fingerprint density at radius 1 is 0.912 bits per heavy atom. The fourth-order valence-corrected chi connectivity index (χ4v) is 4.69. The van der Waals surface area contributed by atoms with E-state index in [0.717, 1.165) is 47.4 Å². The molecule has 1 aromatic heterocycles. The van der Waals surface area contributed by atoms with Crippen molar-refractivity contribution < 1.29 is 14.6 Å². The second-order valence-corrected chi connectivity index (χ2v) is 8.76. The Bertz CT molecular complexity index is 1230. The number of nitrogens with one attached hydrogen (secondary N) is 1. The lowest BCUT2D eigenvalue weighted by Crippen LogP contribution is -2.48. The summed E-state index contributed by atoms with van der Waals surface area (Å²) in [6, 6.07) is 25.5. The van der Waals surface area contributed by atoms with Crippen LogP contribution in [0.15, 0.2) is 85.1 Å². The smallest absolute Gasteiger partial charge is 0.325 e. The number of benzene rings is 3. The van der Waals surface area contributed by atoms with Gasteiger partial charge in [0.15, 0.2) is 0 Å². The number of rotatable bonds is 8. The summed E-state index contributed by atoms with van der Waals surface area (Å²) in [4.78, 5) is 20.1. The number of carboxylic acids is 1. The quantitative estimate of drug-likeness (QED) is 0.403. The number of H-pyrrole nitrogens is 1. The average molecular weight is 456 g/mol. The minimum atomic E-state index is -0.826. The maximum absolute atomic E-state index is 12.4. The van der Waals surface area contributed by atoms with E-state index in [1.165, 1.54) is 5.56 Å². The van der Waals surface area contributed by atoms with Crippen LogP contribution in [0, 0.1) is 0 Å². The topological polar surface area (TPSA) is 68.8 Å². The highest BCUT2D eigenvalue weighted by Crippen LogP contribution is 2.32. The van der Waals surface area contributed by atoms with Crippen molar-refractivity contribution in [2.24, 2.45) is 0 Å². The first kappa shape index (κ1) is 22.2. The Balaban J connectivity index is 1.31. The van der Waals surface area contributed by atoms with Gasteiger partial charge in [-0.2, -0.15) is 0 Å². The van der Waals surface area contributed by atoms with Crippen LogP contribution in [0.1, 0.15) is 22.7 Å². The monoisotopic (exact) mass is 455 g/mol. The first-order valence-corrected chi connectivity index (χ1v) is 11.7. The maximum Gasteiger partial charge on any atom is 0.325 e. The van der Waals surface area contributed by atoms with Gasteiger partial charge in [0.05, 0.1) is 0 Å². The van der Waals surface area contributed by atoms with Crippen LogP contribution >= 0.6 is 0 Å². The molecule has 2 heterocycles. The van der Waals surface area contributed by atoms with Gasteiger partial charge in [0.25, 0.3) is 0 Å². The molecule has 0 amide bonds. The zero-order valence-corrected chi connectivity index (χ0v) is 19.1. The second-order valence-electron chi connectivity index (χ2n) is 8.76. The molecular formula is C28H29N3O3. The Labute approximate surface area is 199 Å². The third-order valence-corrected chi connectivity index (χ3v) is 6.48. The van der Waals surface area contributed by atoms with Crippen molar-refractivity contribution in [1.82, 2.24) is 14.8 Å². The molecule has 6 heteroatoms. The van der Waals surface area contributed by atoms with Crippen LogP contribution in [0.5, 0.6) is 5.75 Å². The Kier molecular flexibility index (Phi) is 6.60. The molecule has 0 unspecified atom stereocenters. The number of nitrogens with zero attached hydrogens (tertiary/aromatic N) is 2. The minimum Gasteiger partial charge on any atom is -0.489 e. The van der Waals surface area contributed by atoms with Crippen molar-refractivity contribution in [3.8, 4) is 5.75 Å². The Morgan fingerprint density at radius 2 is 1.59 bits per heavy atom. The normalized spacial score (nSPS) is 15.9. The molecule has 4 aromatic rings. The number of ether oxygens (including phenoxy) is 1. The lowest BCUT2D eigenvalue weighted by molar-refractivity contribution is -0.144. The van der Waals surface area contributed by atoms with Gasteiger partial charge >= 0.3 is 5.97 Å². The summed E-state index contributed by atoms with van der Waals surface area (Å²) in [7, 11) is 0. The predicted molar refractivity (Wildman–Crippen MR) is 133 cm³/mol. The highest BCUT2D eigenvalue weighted by atomic mass is 16.5. The van der Waals surface area contributed by atoms with Crippen LogP contribution in [0.25, 0.3) is 10.9 Å². The molecule has 6 nitrogen and oxygen atoms in total. The molecule has 174 valence electrons. The van der Waals surface area contributed by atoms with Crippen molar-refractivity contribution in [2.75, 3.05) is 26.2 Å². The van der Waals surface area contributed by atoms with E-state index in [4.69, 9.17) is 4.74 Å². The van der Waals surface area contributed by atoms with Crippen LogP contribution in [0.2, 0.25) is 0 Å². The number of piperazine rings is 1. The third kappa shape index (κ3) is 4.98. The summed E-state index contributed by atoms with van der Waals surface area (Å²) >= 11 is 0. The molecule has 1 atom stereocenters. The van der Waals surface area contributed by atoms with Crippen molar-refractivity contribution in [3.05, 3.63) is 102 Å². The second kappa shape index (κ2) is 10.1. The average Bonchev–Trinajstić information content (AvgIpc) is 3.28. The molecule has 1 fully saturated rings. The molecule has 34 heavy (non-hydrogen) atoms. The van der Waals surface area contributed by atoms with Gasteiger partial charge in [-0.05, 0) is 29.3 Å². The number of hydrogen-bond donors (Lipinski definition) is 2. The van der Waals surface area contributed by atoms with Gasteiger partial charge in [-0.3, -0.25) is 14.6 Å². The summed E-state index contributed by atoms with van der Waals surface area (Å²) in [5.41, 5.74) is 4.07. The summed E-state index contributed by atoms with van der Waals surface area (Å²) in [5.74, 6) is -0.0953. The zero-order chi connectivity index (χ0) is 23.3. The number of fused-ring (bicyclic) bond motifs is 1. The fourth-order valence-electron chi connectivity index (χ4n) is 4.69. The third-order valence-electron chi connectivity index (χ3n) is 6.48.